The first-order valence-electron chi connectivity index (χ1n) is 7.44. The Hall–Kier alpha value is -1.47. The summed E-state index contributed by atoms with van der Waals surface area (Å²) in [6.45, 7) is 9.30. The van der Waals surface area contributed by atoms with Gasteiger partial charge in [-0.1, -0.05) is 0 Å². The van der Waals surface area contributed by atoms with E-state index in [-0.39, 0.29) is 6.10 Å². The molecule has 0 saturated carbocycles. The molecule has 0 radical (unpaired) electrons. The van der Waals surface area contributed by atoms with Gasteiger partial charge in [-0.2, -0.15) is 15.0 Å². The summed E-state index contributed by atoms with van der Waals surface area (Å²) in [6, 6.07) is 0.314. The van der Waals surface area contributed by atoms with Crippen LogP contribution in [-0.2, 0) is 0 Å². The molecule has 0 amide bonds. The highest BCUT2D eigenvalue weighted by Crippen LogP contribution is 2.18. The van der Waals surface area contributed by atoms with Gasteiger partial charge in [0, 0.05) is 46.3 Å². The normalized spacial score (nSPS) is 21.4. The fourth-order valence-corrected chi connectivity index (χ4v) is 2.65. The maximum absolute atomic E-state index is 9.51. The average Bonchev–Trinajstić information content (AvgIpc) is 2.37. The fourth-order valence-electron chi connectivity index (χ4n) is 2.65. The van der Waals surface area contributed by atoms with Crippen molar-refractivity contribution >= 4 is 11.9 Å². The average molecular weight is 294 g/mol. The number of nitrogens with zero attached hydrogens (tertiary/aromatic N) is 6. The Morgan fingerprint density at radius 3 is 2.57 bits per heavy atom. The van der Waals surface area contributed by atoms with E-state index in [1.54, 1.807) is 0 Å². The van der Waals surface area contributed by atoms with Gasteiger partial charge in [-0.15, -0.1) is 0 Å². The molecule has 1 aliphatic heterocycles. The Labute approximate surface area is 126 Å². The second-order valence-corrected chi connectivity index (χ2v) is 6.03. The van der Waals surface area contributed by atoms with Crippen LogP contribution in [0, 0.1) is 6.92 Å². The van der Waals surface area contributed by atoms with Crippen LogP contribution >= 0.6 is 0 Å². The molecular formula is C14H26N6O. The summed E-state index contributed by atoms with van der Waals surface area (Å²) in [4.78, 5) is 19.8. The van der Waals surface area contributed by atoms with Crippen LogP contribution in [0.25, 0.3) is 0 Å². The molecule has 118 valence electrons. The lowest BCUT2D eigenvalue weighted by Gasteiger charge is -2.40. The van der Waals surface area contributed by atoms with Gasteiger partial charge in [0.1, 0.15) is 5.82 Å². The highest BCUT2D eigenvalue weighted by molar-refractivity contribution is 5.39. The molecule has 1 aromatic rings. The minimum absolute atomic E-state index is 0.288. The summed E-state index contributed by atoms with van der Waals surface area (Å²) in [5.41, 5.74) is 0. The third-order valence-electron chi connectivity index (χ3n) is 3.61. The summed E-state index contributed by atoms with van der Waals surface area (Å²) in [7, 11) is 3.87. The Bertz CT molecular complexity index is 479. The van der Waals surface area contributed by atoms with Crippen molar-refractivity contribution in [3.05, 3.63) is 5.82 Å². The number of piperazine rings is 1. The van der Waals surface area contributed by atoms with Crippen molar-refractivity contribution in [2.45, 2.75) is 32.9 Å². The van der Waals surface area contributed by atoms with E-state index in [2.05, 4.69) is 31.7 Å². The van der Waals surface area contributed by atoms with Crippen molar-refractivity contribution in [1.82, 2.24) is 19.9 Å². The Morgan fingerprint density at radius 1 is 1.29 bits per heavy atom. The van der Waals surface area contributed by atoms with Gasteiger partial charge in [-0.25, -0.2) is 0 Å². The molecule has 21 heavy (non-hydrogen) atoms. The van der Waals surface area contributed by atoms with E-state index in [4.69, 9.17) is 0 Å². The molecule has 2 rings (SSSR count). The summed E-state index contributed by atoms with van der Waals surface area (Å²) in [6.07, 6.45) is -0.288. The zero-order valence-electron chi connectivity index (χ0n) is 13.6. The lowest BCUT2D eigenvalue weighted by molar-refractivity contribution is 0.114. The number of hydrogen-bond donors (Lipinski definition) is 1. The number of β-amino-alcohol motifs (C(OH)–C–C–N with tert-alkyl or cyclic N) is 1. The van der Waals surface area contributed by atoms with Crippen molar-refractivity contribution in [3.8, 4) is 0 Å². The SMILES string of the molecule is Cc1nc(N(C)C)nc(N2CCN(C[C@@H](C)O)C[C@@H]2C)n1. The van der Waals surface area contributed by atoms with Gasteiger partial charge in [0.2, 0.25) is 11.9 Å². The van der Waals surface area contributed by atoms with Crippen LogP contribution in [0.5, 0.6) is 0 Å². The molecule has 0 unspecified atom stereocenters. The van der Waals surface area contributed by atoms with E-state index in [1.165, 1.54) is 0 Å². The highest BCUT2D eigenvalue weighted by atomic mass is 16.3. The Kier molecular flexibility index (Phi) is 4.95. The lowest BCUT2D eigenvalue weighted by Crippen LogP contribution is -2.53. The second-order valence-electron chi connectivity index (χ2n) is 6.03. The molecule has 1 aromatic heterocycles. The zero-order valence-corrected chi connectivity index (χ0v) is 13.6. The molecular weight excluding hydrogens is 268 g/mol. The van der Waals surface area contributed by atoms with Gasteiger partial charge in [0.15, 0.2) is 0 Å². The van der Waals surface area contributed by atoms with Crippen LogP contribution in [0.1, 0.15) is 19.7 Å². The molecule has 7 heteroatoms. The van der Waals surface area contributed by atoms with Crippen molar-refractivity contribution in [2.75, 3.05) is 50.1 Å². The largest absolute Gasteiger partial charge is 0.392 e. The number of hydrogen-bond acceptors (Lipinski definition) is 7. The Morgan fingerprint density at radius 2 is 2.00 bits per heavy atom. The third kappa shape index (κ3) is 4.01. The van der Waals surface area contributed by atoms with Crippen LogP contribution in [0.15, 0.2) is 0 Å². The molecule has 0 aliphatic carbocycles. The van der Waals surface area contributed by atoms with E-state index in [9.17, 15) is 5.11 Å². The standard InChI is InChI=1S/C14H26N6O/c1-10-8-19(9-11(2)21)6-7-20(10)14-16-12(3)15-13(17-14)18(4)5/h10-11,21H,6-9H2,1-5H3/t10-,11+/m0/s1. The molecule has 2 heterocycles. The number of aryl methyl sites for hydroxylation is 1. The summed E-state index contributed by atoms with van der Waals surface area (Å²) in [5, 5.41) is 9.51. The topological polar surface area (TPSA) is 68.6 Å². The van der Waals surface area contributed by atoms with Crippen molar-refractivity contribution in [1.29, 1.82) is 0 Å². The first-order valence-corrected chi connectivity index (χ1v) is 7.44. The van der Waals surface area contributed by atoms with E-state index in [1.807, 2.05) is 32.8 Å². The minimum Gasteiger partial charge on any atom is -0.392 e. The van der Waals surface area contributed by atoms with Crippen molar-refractivity contribution in [3.63, 3.8) is 0 Å². The zero-order chi connectivity index (χ0) is 15.6. The molecule has 1 aliphatic rings. The smallest absolute Gasteiger partial charge is 0.230 e. The molecule has 2 atom stereocenters. The molecule has 7 nitrogen and oxygen atoms in total. The monoisotopic (exact) mass is 294 g/mol. The first kappa shape index (κ1) is 15.9. The summed E-state index contributed by atoms with van der Waals surface area (Å²) < 4.78 is 0. The number of aliphatic hydroxyl groups is 1. The van der Waals surface area contributed by atoms with E-state index < -0.39 is 0 Å². The van der Waals surface area contributed by atoms with Gasteiger partial charge < -0.3 is 14.9 Å². The lowest BCUT2D eigenvalue weighted by atomic mass is 10.2. The molecule has 1 N–H and O–H groups in total. The van der Waals surface area contributed by atoms with Gasteiger partial charge in [0.05, 0.1) is 6.10 Å². The number of aromatic nitrogens is 3. The fraction of sp³-hybridized carbons (Fsp3) is 0.786. The van der Waals surface area contributed by atoms with Gasteiger partial charge >= 0.3 is 0 Å². The third-order valence-corrected chi connectivity index (χ3v) is 3.61. The summed E-state index contributed by atoms with van der Waals surface area (Å²) in [5.74, 6) is 2.17. The van der Waals surface area contributed by atoms with E-state index in [0.717, 1.165) is 38.0 Å². The van der Waals surface area contributed by atoms with E-state index in [0.29, 0.717) is 12.0 Å². The van der Waals surface area contributed by atoms with Crippen molar-refractivity contribution < 1.29 is 5.11 Å². The molecule has 1 saturated heterocycles. The number of anilines is 2. The van der Waals surface area contributed by atoms with Crippen LogP contribution in [0.2, 0.25) is 0 Å². The van der Waals surface area contributed by atoms with Crippen LogP contribution in [0.4, 0.5) is 11.9 Å². The quantitative estimate of drug-likeness (QED) is 0.847. The van der Waals surface area contributed by atoms with E-state index >= 15 is 0 Å². The van der Waals surface area contributed by atoms with Gasteiger partial charge in [0.25, 0.3) is 0 Å². The predicted molar refractivity (Wildman–Crippen MR) is 83.8 cm³/mol. The second kappa shape index (κ2) is 6.53. The van der Waals surface area contributed by atoms with Crippen molar-refractivity contribution in [2.24, 2.45) is 0 Å². The summed E-state index contributed by atoms with van der Waals surface area (Å²) >= 11 is 0. The van der Waals surface area contributed by atoms with Crippen LogP contribution < -0.4 is 9.80 Å². The Balaban J connectivity index is 2.12. The molecule has 1 fully saturated rings. The maximum Gasteiger partial charge on any atom is 0.230 e. The molecule has 0 spiro atoms. The number of rotatable bonds is 4. The van der Waals surface area contributed by atoms with Crippen LogP contribution in [0.3, 0.4) is 0 Å². The van der Waals surface area contributed by atoms with Crippen LogP contribution in [-0.4, -0.2) is 77.4 Å². The first-order chi connectivity index (χ1) is 9.86. The minimum atomic E-state index is -0.288. The maximum atomic E-state index is 9.51. The highest BCUT2D eigenvalue weighted by Gasteiger charge is 2.26. The van der Waals surface area contributed by atoms with Gasteiger partial charge in [-0.05, 0) is 20.8 Å². The molecule has 0 aromatic carbocycles. The molecule has 0 bridgehead atoms. The predicted octanol–water partition coefficient (Wildman–Crippen LogP) is 0.137. The van der Waals surface area contributed by atoms with Gasteiger partial charge in [-0.3, -0.25) is 4.90 Å². The number of aliphatic hydroxyl groups excluding tert-OH is 1.